The Morgan fingerprint density at radius 1 is 1.44 bits per heavy atom. The molecule has 1 rings (SSSR count). The zero-order valence-corrected chi connectivity index (χ0v) is 10.5. The highest BCUT2D eigenvalue weighted by atomic mass is 79.9. The molecule has 5 heteroatoms. The zero-order valence-electron chi connectivity index (χ0n) is 8.90. The predicted molar refractivity (Wildman–Crippen MR) is 65.0 cm³/mol. The molecule has 0 atom stereocenters. The van der Waals surface area contributed by atoms with Gasteiger partial charge < -0.3 is 0 Å². The number of Topliss-reactive ketones (excluding diaryl/α,β-unsaturated/α-hetero) is 1. The van der Waals surface area contributed by atoms with Crippen LogP contribution in [0, 0.1) is 10.1 Å². The minimum Gasteiger partial charge on any atom is -0.298 e. The molecule has 4 nitrogen and oxygen atoms in total. The van der Waals surface area contributed by atoms with E-state index in [1.54, 1.807) is 18.2 Å². The topological polar surface area (TPSA) is 60.2 Å². The van der Waals surface area contributed by atoms with Gasteiger partial charge in [0.2, 0.25) is 0 Å². The summed E-state index contributed by atoms with van der Waals surface area (Å²) >= 11 is 3.05. The molecule has 16 heavy (non-hydrogen) atoms. The Kier molecular flexibility index (Phi) is 4.61. The molecule has 0 radical (unpaired) electrons. The van der Waals surface area contributed by atoms with Crippen LogP contribution in [-0.2, 0) is 17.6 Å². The van der Waals surface area contributed by atoms with Crippen LogP contribution in [0.4, 0.5) is 5.69 Å². The van der Waals surface area contributed by atoms with Crippen molar-refractivity contribution in [3.8, 4) is 0 Å². The van der Waals surface area contributed by atoms with Crippen LogP contribution in [0.1, 0.15) is 18.1 Å². The van der Waals surface area contributed by atoms with Gasteiger partial charge in [-0.25, -0.2) is 0 Å². The maximum absolute atomic E-state index is 11.3. The number of ketones is 1. The zero-order chi connectivity index (χ0) is 12.1. The van der Waals surface area contributed by atoms with Crippen LogP contribution in [-0.4, -0.2) is 16.0 Å². The van der Waals surface area contributed by atoms with Crippen LogP contribution in [0.2, 0.25) is 0 Å². The standard InChI is InChI=1S/C11H12BrNO3/c1-2-8-4-3-5-9(6-10(14)7-12)11(8)13(15)16/h3-5H,2,6-7H2,1H3. The molecule has 0 N–H and O–H groups in total. The maximum Gasteiger partial charge on any atom is 0.276 e. The van der Waals surface area contributed by atoms with Crippen LogP contribution >= 0.6 is 15.9 Å². The fourth-order valence-corrected chi connectivity index (χ4v) is 1.76. The third kappa shape index (κ3) is 2.88. The first-order valence-electron chi connectivity index (χ1n) is 4.93. The molecule has 0 aliphatic heterocycles. The molecule has 1 aromatic carbocycles. The van der Waals surface area contributed by atoms with Crippen molar-refractivity contribution in [1.82, 2.24) is 0 Å². The average Bonchev–Trinajstić information content (AvgIpc) is 2.28. The number of hydrogen-bond donors (Lipinski definition) is 0. The molecule has 0 bridgehead atoms. The Labute approximate surface area is 102 Å². The van der Waals surface area contributed by atoms with Gasteiger partial charge in [0.05, 0.1) is 10.3 Å². The van der Waals surface area contributed by atoms with Crippen molar-refractivity contribution in [2.75, 3.05) is 5.33 Å². The number of nitro groups is 1. The number of benzene rings is 1. The molecule has 0 aliphatic rings. The largest absolute Gasteiger partial charge is 0.298 e. The fraction of sp³-hybridized carbons (Fsp3) is 0.364. The Balaban J connectivity index is 3.17. The normalized spacial score (nSPS) is 10.1. The molecule has 0 heterocycles. The monoisotopic (exact) mass is 285 g/mol. The van der Waals surface area contributed by atoms with E-state index < -0.39 is 4.92 Å². The Morgan fingerprint density at radius 3 is 2.56 bits per heavy atom. The van der Waals surface area contributed by atoms with Gasteiger partial charge in [-0.05, 0) is 6.42 Å². The number of nitrogens with zero attached hydrogens (tertiary/aromatic N) is 1. The molecule has 0 saturated carbocycles. The average molecular weight is 286 g/mol. The van der Waals surface area contributed by atoms with Gasteiger partial charge in [0.25, 0.3) is 5.69 Å². The third-order valence-corrected chi connectivity index (χ3v) is 2.93. The van der Waals surface area contributed by atoms with Crippen molar-refractivity contribution in [1.29, 1.82) is 0 Å². The van der Waals surface area contributed by atoms with E-state index in [0.717, 1.165) is 0 Å². The minimum absolute atomic E-state index is 0.0589. The highest BCUT2D eigenvalue weighted by molar-refractivity contribution is 9.09. The van der Waals surface area contributed by atoms with Gasteiger partial charge in [0, 0.05) is 17.5 Å². The third-order valence-electron chi connectivity index (χ3n) is 2.30. The summed E-state index contributed by atoms with van der Waals surface area (Å²) in [5.74, 6) is -0.0589. The summed E-state index contributed by atoms with van der Waals surface area (Å²) in [6, 6.07) is 5.11. The summed E-state index contributed by atoms with van der Waals surface area (Å²) in [5.41, 5.74) is 1.25. The van der Waals surface area contributed by atoms with Gasteiger partial charge in [-0.2, -0.15) is 0 Å². The van der Waals surface area contributed by atoms with Crippen molar-refractivity contribution in [3.05, 3.63) is 39.4 Å². The van der Waals surface area contributed by atoms with Gasteiger partial charge in [0.15, 0.2) is 0 Å². The Bertz CT molecular complexity index is 418. The first-order chi connectivity index (χ1) is 7.60. The van der Waals surface area contributed by atoms with E-state index in [-0.39, 0.29) is 23.2 Å². The molecule has 86 valence electrons. The lowest BCUT2D eigenvalue weighted by Crippen LogP contribution is -2.07. The first-order valence-corrected chi connectivity index (χ1v) is 6.05. The van der Waals surface area contributed by atoms with Crippen LogP contribution < -0.4 is 0 Å². The summed E-state index contributed by atoms with van der Waals surface area (Å²) in [6.07, 6.45) is 0.696. The van der Waals surface area contributed by atoms with Crippen LogP contribution in [0.3, 0.4) is 0 Å². The van der Waals surface area contributed by atoms with Crippen LogP contribution in [0.25, 0.3) is 0 Å². The van der Waals surface area contributed by atoms with Gasteiger partial charge in [-0.15, -0.1) is 0 Å². The quantitative estimate of drug-likeness (QED) is 0.475. The molecular weight excluding hydrogens is 274 g/mol. The molecule has 0 amide bonds. The molecule has 0 aliphatic carbocycles. The van der Waals surface area contributed by atoms with Gasteiger partial charge >= 0.3 is 0 Å². The second-order valence-electron chi connectivity index (χ2n) is 3.38. The van der Waals surface area contributed by atoms with Crippen molar-refractivity contribution in [3.63, 3.8) is 0 Å². The highest BCUT2D eigenvalue weighted by Crippen LogP contribution is 2.25. The number of nitro benzene ring substituents is 1. The van der Waals surface area contributed by atoms with Crippen molar-refractivity contribution in [2.45, 2.75) is 19.8 Å². The first kappa shape index (κ1) is 12.8. The van der Waals surface area contributed by atoms with E-state index in [1.165, 1.54) is 0 Å². The summed E-state index contributed by atoms with van der Waals surface area (Å²) in [5, 5.41) is 11.2. The molecule has 0 unspecified atom stereocenters. The molecule has 0 aromatic heterocycles. The predicted octanol–water partition coefficient (Wildman–Crippen LogP) is 2.66. The number of carbonyl (C=O) groups is 1. The lowest BCUT2D eigenvalue weighted by Gasteiger charge is -2.05. The van der Waals surface area contributed by atoms with Crippen LogP contribution in [0.5, 0.6) is 0 Å². The van der Waals surface area contributed by atoms with E-state index in [0.29, 0.717) is 17.5 Å². The number of aryl methyl sites for hydroxylation is 1. The van der Waals surface area contributed by atoms with E-state index in [1.807, 2.05) is 6.92 Å². The number of alkyl halides is 1. The SMILES string of the molecule is CCc1cccc(CC(=O)CBr)c1[N+](=O)[O-]. The molecule has 0 saturated heterocycles. The van der Waals surface area contributed by atoms with Gasteiger partial charge in [0.1, 0.15) is 5.78 Å². The van der Waals surface area contributed by atoms with Crippen molar-refractivity contribution >= 4 is 27.4 Å². The number of para-hydroxylation sites is 1. The summed E-state index contributed by atoms with van der Waals surface area (Å²) in [6.45, 7) is 1.86. The smallest absolute Gasteiger partial charge is 0.276 e. The number of hydrogen-bond acceptors (Lipinski definition) is 3. The van der Waals surface area contributed by atoms with E-state index in [9.17, 15) is 14.9 Å². The molecule has 0 spiro atoms. The molecular formula is C11H12BrNO3. The highest BCUT2D eigenvalue weighted by Gasteiger charge is 2.19. The fourth-order valence-electron chi connectivity index (χ4n) is 1.57. The summed E-state index contributed by atoms with van der Waals surface area (Å²) in [4.78, 5) is 21.8. The second-order valence-corrected chi connectivity index (χ2v) is 3.95. The number of halogens is 1. The summed E-state index contributed by atoms with van der Waals surface area (Å²) in [7, 11) is 0. The van der Waals surface area contributed by atoms with Gasteiger partial charge in [-0.1, -0.05) is 41.1 Å². The van der Waals surface area contributed by atoms with Crippen LogP contribution in [0.15, 0.2) is 18.2 Å². The molecule has 1 aromatic rings. The van der Waals surface area contributed by atoms with Gasteiger partial charge in [-0.3, -0.25) is 14.9 Å². The van der Waals surface area contributed by atoms with E-state index in [2.05, 4.69) is 15.9 Å². The number of carbonyl (C=O) groups excluding carboxylic acids is 1. The lowest BCUT2D eigenvalue weighted by atomic mass is 10.0. The van der Waals surface area contributed by atoms with E-state index >= 15 is 0 Å². The minimum atomic E-state index is -0.407. The Hall–Kier alpha value is -1.23. The van der Waals surface area contributed by atoms with E-state index in [4.69, 9.17) is 0 Å². The maximum atomic E-state index is 11.3. The molecule has 0 fully saturated rings. The number of rotatable bonds is 5. The summed E-state index contributed by atoms with van der Waals surface area (Å²) < 4.78 is 0. The van der Waals surface area contributed by atoms with Crippen molar-refractivity contribution in [2.24, 2.45) is 0 Å². The Morgan fingerprint density at radius 2 is 2.06 bits per heavy atom. The second kappa shape index (κ2) is 5.75. The van der Waals surface area contributed by atoms with Crippen molar-refractivity contribution < 1.29 is 9.72 Å². The lowest BCUT2D eigenvalue weighted by molar-refractivity contribution is -0.386.